The molecule has 0 spiro atoms. The van der Waals surface area contributed by atoms with Crippen LogP contribution in [0.4, 0.5) is 8.78 Å². The van der Waals surface area contributed by atoms with Crippen LogP contribution in [0.1, 0.15) is 29.8 Å². The molecule has 0 N–H and O–H groups in total. The first-order chi connectivity index (χ1) is 14.1. The van der Waals surface area contributed by atoms with Crippen molar-refractivity contribution in [3.8, 4) is 0 Å². The van der Waals surface area contributed by atoms with E-state index in [4.69, 9.17) is 9.47 Å². The van der Waals surface area contributed by atoms with Crippen molar-refractivity contribution >= 4 is 38.6 Å². The van der Waals surface area contributed by atoms with E-state index in [2.05, 4.69) is 15.9 Å². The monoisotopic (exact) mass is 475 g/mol. The number of esters is 1. The molecule has 1 aliphatic rings. The lowest BCUT2D eigenvalue weighted by Gasteiger charge is -2.13. The summed E-state index contributed by atoms with van der Waals surface area (Å²) in [5.41, 5.74) is 1.09. The number of halogens is 3. The summed E-state index contributed by atoms with van der Waals surface area (Å²) in [6.45, 7) is 3.15. The summed E-state index contributed by atoms with van der Waals surface area (Å²) < 4.78 is 40.5. The van der Waals surface area contributed by atoms with Crippen LogP contribution in [0.15, 0.2) is 58.9 Å². The van der Waals surface area contributed by atoms with Gasteiger partial charge in [-0.05, 0) is 36.4 Å². The van der Waals surface area contributed by atoms with Crippen LogP contribution in [-0.4, -0.2) is 22.1 Å². The second kappa shape index (κ2) is 7.36. The molecule has 5 nitrogen and oxygen atoms in total. The fraction of sp³-hybridized carbons (Fsp3) is 0.182. The third-order valence-electron chi connectivity index (χ3n) is 4.61. The summed E-state index contributed by atoms with van der Waals surface area (Å²) in [7, 11) is 0. The Labute approximate surface area is 179 Å². The number of carbonyl (C=O) groups is 2. The van der Waals surface area contributed by atoms with Gasteiger partial charge in [-0.3, -0.25) is 4.79 Å². The van der Waals surface area contributed by atoms with Gasteiger partial charge in [0, 0.05) is 52.6 Å². The maximum absolute atomic E-state index is 14.1. The number of rotatable bonds is 4. The van der Waals surface area contributed by atoms with E-state index in [0.29, 0.717) is 10.9 Å². The first kappa shape index (κ1) is 20.3. The van der Waals surface area contributed by atoms with Crippen molar-refractivity contribution in [1.82, 2.24) is 4.57 Å². The lowest BCUT2D eigenvalue weighted by Crippen LogP contribution is -2.19. The van der Waals surface area contributed by atoms with E-state index in [0.717, 1.165) is 28.7 Å². The molecule has 0 aliphatic carbocycles. The van der Waals surface area contributed by atoms with Crippen molar-refractivity contribution in [2.75, 3.05) is 0 Å². The molecule has 1 aromatic heterocycles. The van der Waals surface area contributed by atoms with Gasteiger partial charge in [-0.1, -0.05) is 15.9 Å². The summed E-state index contributed by atoms with van der Waals surface area (Å²) >= 11 is 3.38. The molecule has 1 aliphatic heterocycles. The van der Waals surface area contributed by atoms with Gasteiger partial charge >= 0.3 is 5.97 Å². The Morgan fingerprint density at radius 1 is 1.17 bits per heavy atom. The van der Waals surface area contributed by atoms with E-state index in [9.17, 15) is 18.4 Å². The number of carbonyl (C=O) groups excluding carboxylic acids is 2. The number of allylic oxidation sites excluding steroid dienone is 1. The van der Waals surface area contributed by atoms with Crippen LogP contribution in [0.2, 0.25) is 0 Å². The van der Waals surface area contributed by atoms with E-state index >= 15 is 0 Å². The zero-order valence-corrected chi connectivity index (χ0v) is 17.6. The van der Waals surface area contributed by atoms with Gasteiger partial charge in [0.05, 0.1) is 6.54 Å². The zero-order chi connectivity index (χ0) is 21.6. The first-order valence-corrected chi connectivity index (χ1v) is 9.83. The standard InChI is InChI=1S/C22H16BrF2NO4/c1-22(2)29-20(21(28)30-22)9-19(27)16-11-26(18-6-3-13(23)8-15(16)18)10-12-7-14(24)4-5-17(12)25/h3-9,11H,10H2,1-2H3/b20-9-. The molecule has 0 saturated carbocycles. The molecule has 0 bridgehead atoms. The second-order valence-corrected chi connectivity index (χ2v) is 8.25. The predicted octanol–water partition coefficient (Wildman–Crippen LogP) is 5.11. The average molecular weight is 476 g/mol. The Balaban J connectivity index is 1.77. The third kappa shape index (κ3) is 3.87. The zero-order valence-electron chi connectivity index (χ0n) is 16.0. The van der Waals surface area contributed by atoms with Gasteiger partial charge < -0.3 is 14.0 Å². The van der Waals surface area contributed by atoms with Crippen LogP contribution in [0.25, 0.3) is 10.9 Å². The molecule has 0 atom stereocenters. The molecule has 1 saturated heterocycles. The Morgan fingerprint density at radius 2 is 1.93 bits per heavy atom. The summed E-state index contributed by atoms with van der Waals surface area (Å²) in [5, 5.41) is 0.591. The highest BCUT2D eigenvalue weighted by Gasteiger charge is 2.38. The molecule has 1 fully saturated rings. The maximum Gasteiger partial charge on any atom is 0.377 e. The van der Waals surface area contributed by atoms with E-state index in [1.807, 2.05) is 0 Å². The van der Waals surface area contributed by atoms with Gasteiger partial charge in [0.25, 0.3) is 0 Å². The van der Waals surface area contributed by atoms with E-state index in [1.54, 1.807) is 42.8 Å². The van der Waals surface area contributed by atoms with Crippen molar-refractivity contribution in [3.63, 3.8) is 0 Å². The normalized spacial score (nSPS) is 16.7. The highest BCUT2D eigenvalue weighted by molar-refractivity contribution is 9.10. The molecule has 0 radical (unpaired) electrons. The lowest BCUT2D eigenvalue weighted by atomic mass is 10.1. The molecule has 0 amide bonds. The Hall–Kier alpha value is -3.00. The number of hydrogen-bond donors (Lipinski definition) is 0. The van der Waals surface area contributed by atoms with Crippen LogP contribution in [0.3, 0.4) is 0 Å². The average Bonchev–Trinajstić information content (AvgIpc) is 3.13. The number of aromatic nitrogens is 1. The van der Waals surface area contributed by atoms with E-state index in [1.165, 1.54) is 0 Å². The van der Waals surface area contributed by atoms with Gasteiger partial charge in [0.2, 0.25) is 11.5 Å². The summed E-state index contributed by atoms with van der Waals surface area (Å²) in [5.74, 6) is -3.62. The summed E-state index contributed by atoms with van der Waals surface area (Å²) in [6.07, 6.45) is 2.63. The molecule has 2 aromatic carbocycles. The van der Waals surface area contributed by atoms with Crippen molar-refractivity contribution in [1.29, 1.82) is 0 Å². The van der Waals surface area contributed by atoms with Crippen LogP contribution in [0.5, 0.6) is 0 Å². The minimum Gasteiger partial charge on any atom is -0.445 e. The summed E-state index contributed by atoms with van der Waals surface area (Å²) in [4.78, 5) is 24.9. The smallest absolute Gasteiger partial charge is 0.377 e. The minimum atomic E-state index is -1.14. The Kier molecular flexibility index (Phi) is 4.97. The van der Waals surface area contributed by atoms with Crippen molar-refractivity contribution < 1.29 is 27.8 Å². The molecular formula is C22H16BrF2NO4. The molecule has 0 unspecified atom stereocenters. The first-order valence-electron chi connectivity index (χ1n) is 9.04. The third-order valence-corrected chi connectivity index (χ3v) is 5.11. The van der Waals surface area contributed by atoms with Crippen LogP contribution in [0, 0.1) is 11.6 Å². The lowest BCUT2D eigenvalue weighted by molar-refractivity contribution is -0.159. The fourth-order valence-corrected chi connectivity index (χ4v) is 3.69. The predicted molar refractivity (Wildman–Crippen MR) is 109 cm³/mol. The number of fused-ring (bicyclic) bond motifs is 1. The van der Waals surface area contributed by atoms with Gasteiger partial charge in [-0.15, -0.1) is 0 Å². The van der Waals surface area contributed by atoms with E-state index in [-0.39, 0.29) is 23.4 Å². The number of hydrogen-bond acceptors (Lipinski definition) is 4. The highest BCUT2D eigenvalue weighted by Crippen LogP contribution is 2.30. The molecule has 2 heterocycles. The molecule has 30 heavy (non-hydrogen) atoms. The van der Waals surface area contributed by atoms with Crippen LogP contribution < -0.4 is 0 Å². The Bertz CT molecular complexity index is 1230. The van der Waals surface area contributed by atoms with E-state index < -0.39 is 29.2 Å². The van der Waals surface area contributed by atoms with Crippen molar-refractivity contribution in [2.24, 2.45) is 0 Å². The molecular weight excluding hydrogens is 460 g/mol. The second-order valence-electron chi connectivity index (χ2n) is 7.33. The highest BCUT2D eigenvalue weighted by atomic mass is 79.9. The summed E-state index contributed by atoms with van der Waals surface area (Å²) in [6, 6.07) is 8.53. The number of ketones is 1. The molecule has 4 rings (SSSR count). The number of benzene rings is 2. The molecule has 8 heteroatoms. The quantitative estimate of drug-likeness (QED) is 0.299. The number of nitrogens with zero attached hydrogens (tertiary/aromatic N) is 1. The van der Waals surface area contributed by atoms with Crippen LogP contribution in [-0.2, 0) is 20.8 Å². The van der Waals surface area contributed by atoms with Gasteiger partial charge in [-0.2, -0.15) is 0 Å². The Morgan fingerprint density at radius 3 is 2.63 bits per heavy atom. The van der Waals surface area contributed by atoms with Crippen LogP contribution >= 0.6 is 15.9 Å². The number of cyclic esters (lactones) is 1. The van der Waals surface area contributed by atoms with Crippen molar-refractivity contribution in [3.05, 3.63) is 81.7 Å². The van der Waals surface area contributed by atoms with Gasteiger partial charge in [0.15, 0.2) is 5.78 Å². The van der Waals surface area contributed by atoms with Crippen molar-refractivity contribution in [2.45, 2.75) is 26.2 Å². The topological polar surface area (TPSA) is 57.5 Å². The minimum absolute atomic E-state index is 0.0250. The fourth-order valence-electron chi connectivity index (χ4n) is 3.33. The number of ether oxygens (including phenoxy) is 2. The SMILES string of the molecule is CC1(C)OC(=O)/C(=C/C(=O)c2cn(Cc3cc(F)ccc3F)c3ccc(Br)cc23)O1. The van der Waals surface area contributed by atoms with Gasteiger partial charge in [0.1, 0.15) is 11.6 Å². The molecule has 154 valence electrons. The van der Waals surface area contributed by atoms with Gasteiger partial charge in [-0.25, -0.2) is 13.6 Å². The maximum atomic E-state index is 14.1. The molecule has 3 aromatic rings. The largest absolute Gasteiger partial charge is 0.445 e.